The number of aromatic nitrogens is 1. The van der Waals surface area contributed by atoms with Crippen molar-refractivity contribution in [2.45, 2.75) is 24.8 Å². The van der Waals surface area contributed by atoms with Gasteiger partial charge in [-0.05, 0) is 24.0 Å². The highest BCUT2D eigenvalue weighted by atomic mass is 16.1. The summed E-state index contributed by atoms with van der Waals surface area (Å²) in [5.41, 5.74) is 5.31. The lowest BCUT2D eigenvalue weighted by atomic mass is 9.81. The summed E-state index contributed by atoms with van der Waals surface area (Å²) in [5.74, 6) is 0.985. The van der Waals surface area contributed by atoms with E-state index in [1.54, 1.807) is 0 Å². The predicted molar refractivity (Wildman–Crippen MR) is 94.8 cm³/mol. The number of fused-ring (bicyclic) bond motifs is 5. The molecule has 1 aliphatic heterocycles. The number of piperidine rings is 1. The predicted octanol–water partition coefficient (Wildman–Crippen LogP) is 3.89. The first kappa shape index (κ1) is 13.8. The zero-order chi connectivity index (χ0) is 16.3. The molecule has 0 radical (unpaired) electrons. The van der Waals surface area contributed by atoms with Crippen molar-refractivity contribution in [1.29, 1.82) is 0 Å². The van der Waals surface area contributed by atoms with Gasteiger partial charge in [0.15, 0.2) is 0 Å². The Labute approximate surface area is 141 Å². The first-order valence-electron chi connectivity index (χ1n) is 8.67. The standard InChI is InChI=1S/C21H20N2O/c1-23-16-10-6-5-9-14(16)19-20-15(11-12-17(24)22-20)18(21(19)23)13-7-3-2-4-8-13/h2-10,15,18,20H,11-12H2,1H3,(H,22,24)/t15-,18+,20-/m0/s1. The van der Waals surface area contributed by atoms with Gasteiger partial charge in [-0.3, -0.25) is 4.79 Å². The maximum atomic E-state index is 12.1. The summed E-state index contributed by atoms with van der Waals surface area (Å²) in [6.07, 6.45) is 1.59. The van der Waals surface area contributed by atoms with Gasteiger partial charge in [-0.1, -0.05) is 48.5 Å². The molecule has 0 bridgehead atoms. The van der Waals surface area contributed by atoms with Gasteiger partial charge in [0.05, 0.1) is 6.04 Å². The monoisotopic (exact) mass is 316 g/mol. The first-order chi connectivity index (χ1) is 11.8. The van der Waals surface area contributed by atoms with Crippen molar-refractivity contribution in [3.8, 4) is 0 Å². The zero-order valence-electron chi connectivity index (χ0n) is 13.7. The number of rotatable bonds is 1. The Balaban J connectivity index is 1.80. The SMILES string of the molecule is Cn1c2c(c3ccccc31)[C@H]1NC(=O)CC[C@H]1[C@H]2c1ccccc1. The van der Waals surface area contributed by atoms with E-state index in [1.165, 1.54) is 27.7 Å². The fraction of sp³-hybridized carbons (Fsp3) is 0.286. The lowest BCUT2D eigenvalue weighted by Gasteiger charge is -2.31. The lowest BCUT2D eigenvalue weighted by Crippen LogP contribution is -2.37. The quantitative estimate of drug-likeness (QED) is 0.726. The number of amides is 1. The fourth-order valence-electron chi connectivity index (χ4n) is 4.88. The molecular formula is C21H20N2O. The number of benzene rings is 2. The average molecular weight is 316 g/mol. The minimum atomic E-state index is 0.137. The molecule has 5 rings (SSSR count). The van der Waals surface area contributed by atoms with E-state index in [9.17, 15) is 4.79 Å². The maximum Gasteiger partial charge on any atom is 0.220 e. The third-order valence-electron chi connectivity index (χ3n) is 5.83. The molecule has 1 N–H and O–H groups in total. The third kappa shape index (κ3) is 1.75. The molecule has 3 aromatic rings. The van der Waals surface area contributed by atoms with Crippen LogP contribution in [0, 0.1) is 5.92 Å². The van der Waals surface area contributed by atoms with Gasteiger partial charge in [0.1, 0.15) is 0 Å². The molecule has 1 amide bonds. The summed E-state index contributed by atoms with van der Waals surface area (Å²) in [4.78, 5) is 12.1. The van der Waals surface area contributed by atoms with E-state index in [-0.39, 0.29) is 11.9 Å². The molecule has 3 atom stereocenters. The molecular weight excluding hydrogens is 296 g/mol. The summed E-state index contributed by atoms with van der Waals surface area (Å²) in [5, 5.41) is 4.57. The van der Waals surface area contributed by atoms with Crippen molar-refractivity contribution in [3.05, 3.63) is 71.4 Å². The van der Waals surface area contributed by atoms with Gasteiger partial charge in [0, 0.05) is 41.5 Å². The van der Waals surface area contributed by atoms with Gasteiger partial charge >= 0.3 is 0 Å². The van der Waals surface area contributed by atoms with Crippen LogP contribution in [0.5, 0.6) is 0 Å². The Hall–Kier alpha value is -2.55. The molecule has 120 valence electrons. The van der Waals surface area contributed by atoms with E-state index in [1.807, 2.05) is 0 Å². The Morgan fingerprint density at radius 2 is 1.79 bits per heavy atom. The summed E-state index contributed by atoms with van der Waals surface area (Å²) in [6.45, 7) is 0. The van der Waals surface area contributed by atoms with Gasteiger partial charge in [0.25, 0.3) is 0 Å². The Morgan fingerprint density at radius 1 is 1.04 bits per heavy atom. The van der Waals surface area contributed by atoms with Crippen LogP contribution in [0.2, 0.25) is 0 Å². The Kier molecular flexibility index (Phi) is 2.87. The number of hydrogen-bond acceptors (Lipinski definition) is 1. The maximum absolute atomic E-state index is 12.1. The Bertz CT molecular complexity index is 941. The number of carbonyl (C=O) groups excluding carboxylic acids is 1. The van der Waals surface area contributed by atoms with E-state index < -0.39 is 0 Å². The van der Waals surface area contributed by atoms with E-state index >= 15 is 0 Å². The number of carbonyl (C=O) groups is 1. The van der Waals surface area contributed by atoms with Crippen LogP contribution < -0.4 is 5.32 Å². The van der Waals surface area contributed by atoms with Crippen molar-refractivity contribution in [1.82, 2.24) is 9.88 Å². The number of hydrogen-bond donors (Lipinski definition) is 1. The highest BCUT2D eigenvalue weighted by molar-refractivity contribution is 5.89. The molecule has 3 nitrogen and oxygen atoms in total. The number of aryl methyl sites for hydroxylation is 1. The highest BCUT2D eigenvalue weighted by Crippen LogP contribution is 2.54. The largest absolute Gasteiger partial charge is 0.349 e. The number of para-hydroxylation sites is 1. The summed E-state index contributed by atoms with van der Waals surface area (Å²) in [7, 11) is 2.16. The van der Waals surface area contributed by atoms with Gasteiger partial charge in [-0.25, -0.2) is 0 Å². The van der Waals surface area contributed by atoms with Gasteiger partial charge < -0.3 is 9.88 Å². The van der Waals surface area contributed by atoms with Crippen LogP contribution in [0.4, 0.5) is 0 Å². The topological polar surface area (TPSA) is 34.0 Å². The molecule has 0 spiro atoms. The molecule has 0 saturated carbocycles. The van der Waals surface area contributed by atoms with E-state index in [4.69, 9.17) is 0 Å². The smallest absolute Gasteiger partial charge is 0.220 e. The third-order valence-corrected chi connectivity index (χ3v) is 5.83. The number of nitrogens with zero attached hydrogens (tertiary/aromatic N) is 1. The van der Waals surface area contributed by atoms with E-state index in [0.717, 1.165) is 6.42 Å². The highest BCUT2D eigenvalue weighted by Gasteiger charge is 2.47. The molecule has 1 fully saturated rings. The van der Waals surface area contributed by atoms with Crippen molar-refractivity contribution < 1.29 is 4.79 Å². The molecule has 3 heteroatoms. The van der Waals surface area contributed by atoms with Crippen LogP contribution in [-0.4, -0.2) is 10.5 Å². The van der Waals surface area contributed by atoms with Crippen LogP contribution in [0.1, 0.15) is 41.6 Å². The minimum absolute atomic E-state index is 0.137. The molecule has 2 aromatic carbocycles. The summed E-state index contributed by atoms with van der Waals surface area (Å²) in [6, 6.07) is 19.5. The molecule has 1 saturated heterocycles. The second kappa shape index (κ2) is 4.97. The minimum Gasteiger partial charge on any atom is -0.349 e. The van der Waals surface area contributed by atoms with Gasteiger partial charge in [0.2, 0.25) is 5.91 Å². The van der Waals surface area contributed by atoms with Crippen molar-refractivity contribution in [2.75, 3.05) is 0 Å². The second-order valence-corrected chi connectivity index (χ2v) is 7.01. The van der Waals surface area contributed by atoms with E-state index in [2.05, 4.69) is 71.5 Å². The van der Waals surface area contributed by atoms with E-state index in [0.29, 0.717) is 18.3 Å². The summed E-state index contributed by atoms with van der Waals surface area (Å²) < 4.78 is 2.34. The molecule has 1 aliphatic carbocycles. The summed E-state index contributed by atoms with van der Waals surface area (Å²) >= 11 is 0. The first-order valence-corrected chi connectivity index (χ1v) is 8.67. The normalized spacial score (nSPS) is 25.4. The van der Waals surface area contributed by atoms with Crippen molar-refractivity contribution >= 4 is 16.8 Å². The second-order valence-electron chi connectivity index (χ2n) is 7.01. The van der Waals surface area contributed by atoms with Crippen molar-refractivity contribution in [2.24, 2.45) is 13.0 Å². The molecule has 2 heterocycles. The lowest BCUT2D eigenvalue weighted by molar-refractivity contribution is -0.124. The van der Waals surface area contributed by atoms with Crippen LogP contribution in [0.15, 0.2) is 54.6 Å². The molecule has 2 aliphatic rings. The average Bonchev–Trinajstić information content (AvgIpc) is 3.10. The van der Waals surface area contributed by atoms with Crippen molar-refractivity contribution in [3.63, 3.8) is 0 Å². The Morgan fingerprint density at radius 3 is 2.62 bits per heavy atom. The molecule has 1 aromatic heterocycles. The fourth-order valence-corrected chi connectivity index (χ4v) is 4.88. The van der Waals surface area contributed by atoms with Crippen LogP contribution in [0.3, 0.4) is 0 Å². The van der Waals surface area contributed by atoms with Gasteiger partial charge in [-0.2, -0.15) is 0 Å². The zero-order valence-corrected chi connectivity index (χ0v) is 13.7. The van der Waals surface area contributed by atoms with Crippen LogP contribution >= 0.6 is 0 Å². The van der Waals surface area contributed by atoms with Crippen LogP contribution in [-0.2, 0) is 11.8 Å². The number of nitrogens with one attached hydrogen (secondary N) is 1. The molecule has 0 unspecified atom stereocenters. The molecule has 24 heavy (non-hydrogen) atoms. The van der Waals surface area contributed by atoms with Gasteiger partial charge in [-0.15, -0.1) is 0 Å². The van der Waals surface area contributed by atoms with Crippen LogP contribution in [0.25, 0.3) is 10.9 Å².